The second kappa shape index (κ2) is 13.3. The van der Waals surface area contributed by atoms with Crippen LogP contribution >= 0.6 is 11.8 Å². The lowest BCUT2D eigenvalue weighted by molar-refractivity contribution is -0.122. The third-order valence-corrected chi connectivity index (χ3v) is 7.47. The normalized spacial score (nSPS) is 15.1. The van der Waals surface area contributed by atoms with Crippen LogP contribution in [0.1, 0.15) is 29.2 Å². The van der Waals surface area contributed by atoms with Gasteiger partial charge in [-0.1, -0.05) is 66.2 Å². The summed E-state index contributed by atoms with van der Waals surface area (Å²) >= 11 is 1.37. The molecule has 0 bridgehead atoms. The highest BCUT2D eigenvalue weighted by atomic mass is 32.2. The molecule has 1 amide bonds. The fourth-order valence-electron chi connectivity index (χ4n) is 4.35. The Morgan fingerprint density at radius 1 is 0.878 bits per heavy atom. The average molecular weight is 567 g/mol. The highest BCUT2D eigenvalue weighted by Crippen LogP contribution is 2.36. The average Bonchev–Trinajstić information content (AvgIpc) is 3.26. The van der Waals surface area contributed by atoms with E-state index in [9.17, 15) is 9.18 Å². The lowest BCUT2D eigenvalue weighted by Crippen LogP contribution is -2.31. The molecule has 1 aliphatic rings. The lowest BCUT2D eigenvalue weighted by atomic mass is 10.1. The van der Waals surface area contributed by atoms with Gasteiger partial charge in [-0.15, -0.1) is 0 Å². The first-order valence-corrected chi connectivity index (χ1v) is 14.3. The number of benzene rings is 4. The minimum absolute atomic E-state index is 0.0822. The largest absolute Gasteiger partial charge is 0.490 e. The maximum absolute atomic E-state index is 13.6. The summed E-state index contributed by atoms with van der Waals surface area (Å²) in [6.07, 6.45) is 2.58. The first-order chi connectivity index (χ1) is 20.0. The summed E-state index contributed by atoms with van der Waals surface area (Å²) in [5.41, 5.74) is 4.64. The number of carbonyl (C=O) groups is 1. The molecule has 5 nitrogen and oxygen atoms in total. The van der Waals surface area contributed by atoms with Crippen LogP contribution in [0, 0.1) is 12.7 Å². The zero-order valence-electron chi connectivity index (χ0n) is 23.0. The van der Waals surface area contributed by atoms with Gasteiger partial charge in [0.2, 0.25) is 0 Å². The van der Waals surface area contributed by atoms with Crippen LogP contribution < -0.4 is 9.47 Å². The third-order valence-electron chi connectivity index (χ3n) is 6.46. The Bertz CT molecular complexity index is 1570. The Morgan fingerprint density at radius 3 is 2.41 bits per heavy atom. The maximum atomic E-state index is 13.6. The van der Waals surface area contributed by atoms with Crippen molar-refractivity contribution in [3.05, 3.63) is 130 Å². The number of halogens is 1. The van der Waals surface area contributed by atoms with E-state index in [1.807, 2.05) is 86.7 Å². The molecule has 0 N–H and O–H groups in total. The molecule has 1 fully saturated rings. The molecule has 41 heavy (non-hydrogen) atoms. The van der Waals surface area contributed by atoms with Crippen molar-refractivity contribution in [1.29, 1.82) is 0 Å². The van der Waals surface area contributed by atoms with E-state index in [0.717, 1.165) is 34.4 Å². The van der Waals surface area contributed by atoms with Gasteiger partial charge in [0.1, 0.15) is 12.4 Å². The van der Waals surface area contributed by atoms with E-state index in [2.05, 4.69) is 12.1 Å². The van der Waals surface area contributed by atoms with E-state index in [4.69, 9.17) is 14.5 Å². The summed E-state index contributed by atoms with van der Waals surface area (Å²) in [6.45, 7) is 5.11. The SMILES string of the molecule is CCOc1cc(/C=C2/SC(=Nc3ccc(C)cc3)N(CCc3ccccc3)C2=O)ccc1OCc1cccc(F)c1. The minimum Gasteiger partial charge on any atom is -0.490 e. The molecular weight excluding hydrogens is 535 g/mol. The summed E-state index contributed by atoms with van der Waals surface area (Å²) in [5.74, 6) is 0.721. The van der Waals surface area contributed by atoms with Gasteiger partial charge in [-0.2, -0.15) is 0 Å². The van der Waals surface area contributed by atoms with Crippen molar-refractivity contribution in [2.24, 2.45) is 4.99 Å². The van der Waals surface area contributed by atoms with Crippen molar-refractivity contribution < 1.29 is 18.7 Å². The summed E-state index contributed by atoms with van der Waals surface area (Å²) in [5, 5.41) is 0.654. The molecule has 1 heterocycles. The van der Waals surface area contributed by atoms with Gasteiger partial charge in [0.05, 0.1) is 17.2 Å². The Kier molecular flexibility index (Phi) is 9.16. The van der Waals surface area contributed by atoms with Gasteiger partial charge in [-0.3, -0.25) is 9.69 Å². The second-order valence-electron chi connectivity index (χ2n) is 9.59. The summed E-state index contributed by atoms with van der Waals surface area (Å²) in [4.78, 5) is 20.8. The van der Waals surface area contributed by atoms with Crippen LogP contribution in [-0.4, -0.2) is 29.1 Å². The third kappa shape index (κ3) is 7.44. The quantitative estimate of drug-likeness (QED) is 0.183. The molecule has 0 saturated carbocycles. The summed E-state index contributed by atoms with van der Waals surface area (Å²) in [6, 6.07) is 29.9. The monoisotopic (exact) mass is 566 g/mol. The van der Waals surface area contributed by atoms with Gasteiger partial charge < -0.3 is 9.47 Å². The number of thioether (sulfide) groups is 1. The lowest BCUT2D eigenvalue weighted by Gasteiger charge is -2.15. The van der Waals surface area contributed by atoms with E-state index in [1.54, 1.807) is 11.0 Å². The zero-order valence-corrected chi connectivity index (χ0v) is 23.9. The molecule has 5 rings (SSSR count). The van der Waals surface area contributed by atoms with Crippen LogP contribution in [0.25, 0.3) is 6.08 Å². The summed E-state index contributed by atoms with van der Waals surface area (Å²) < 4.78 is 25.4. The predicted molar refractivity (Wildman–Crippen MR) is 164 cm³/mol. The Balaban J connectivity index is 1.39. The first-order valence-electron chi connectivity index (χ1n) is 13.5. The molecule has 0 aromatic heterocycles. The smallest absolute Gasteiger partial charge is 0.266 e. The first kappa shape index (κ1) is 28.2. The number of amides is 1. The second-order valence-corrected chi connectivity index (χ2v) is 10.6. The van der Waals surface area contributed by atoms with Gasteiger partial charge in [0.15, 0.2) is 16.7 Å². The molecule has 4 aromatic carbocycles. The van der Waals surface area contributed by atoms with Crippen LogP contribution in [0.2, 0.25) is 0 Å². The molecule has 1 saturated heterocycles. The molecular formula is C34H31FN2O3S. The highest BCUT2D eigenvalue weighted by Gasteiger charge is 2.33. The molecule has 0 unspecified atom stereocenters. The molecule has 7 heteroatoms. The van der Waals surface area contributed by atoms with Crippen molar-refractivity contribution in [3.8, 4) is 11.5 Å². The van der Waals surface area contributed by atoms with E-state index in [0.29, 0.717) is 34.7 Å². The summed E-state index contributed by atoms with van der Waals surface area (Å²) in [7, 11) is 0. The number of amidine groups is 1. The van der Waals surface area contributed by atoms with Crippen molar-refractivity contribution in [3.63, 3.8) is 0 Å². The molecule has 4 aromatic rings. The van der Waals surface area contributed by atoms with Crippen LogP contribution in [-0.2, 0) is 17.8 Å². The predicted octanol–water partition coefficient (Wildman–Crippen LogP) is 7.96. The van der Waals surface area contributed by atoms with Crippen LogP contribution in [0.4, 0.5) is 10.1 Å². The van der Waals surface area contributed by atoms with Crippen molar-refractivity contribution >= 4 is 34.6 Å². The molecule has 1 aliphatic heterocycles. The van der Waals surface area contributed by atoms with E-state index in [-0.39, 0.29) is 18.3 Å². The van der Waals surface area contributed by atoms with Gasteiger partial charge in [0, 0.05) is 6.54 Å². The van der Waals surface area contributed by atoms with Gasteiger partial charge >= 0.3 is 0 Å². The van der Waals surface area contributed by atoms with Crippen molar-refractivity contribution in [2.45, 2.75) is 26.9 Å². The standard InChI is InChI=1S/C34H31FN2O3S/c1-3-39-31-21-26(14-17-30(31)40-23-27-10-7-11-28(35)20-27)22-32-33(38)37(19-18-25-8-5-4-6-9-25)34(41-32)36-29-15-12-24(2)13-16-29/h4-17,20-22H,3,18-19,23H2,1-2H3/b32-22+,36-34?. The zero-order chi connectivity index (χ0) is 28.6. The van der Waals surface area contributed by atoms with E-state index >= 15 is 0 Å². The van der Waals surface area contributed by atoms with Gasteiger partial charge in [0.25, 0.3) is 5.91 Å². The maximum Gasteiger partial charge on any atom is 0.266 e. The van der Waals surface area contributed by atoms with Crippen molar-refractivity contribution in [2.75, 3.05) is 13.2 Å². The van der Waals surface area contributed by atoms with E-state index < -0.39 is 0 Å². The number of hydrogen-bond donors (Lipinski definition) is 0. The fourth-order valence-corrected chi connectivity index (χ4v) is 5.37. The Labute approximate surface area is 244 Å². The number of aryl methyl sites for hydroxylation is 1. The van der Waals surface area contributed by atoms with Crippen LogP contribution in [0.5, 0.6) is 11.5 Å². The molecule has 0 spiro atoms. The van der Waals surface area contributed by atoms with Crippen LogP contribution in [0.3, 0.4) is 0 Å². The van der Waals surface area contributed by atoms with Gasteiger partial charge in [-0.05, 0) is 91.2 Å². The topological polar surface area (TPSA) is 51.1 Å². The number of hydrogen-bond acceptors (Lipinski definition) is 5. The van der Waals surface area contributed by atoms with E-state index in [1.165, 1.54) is 23.9 Å². The highest BCUT2D eigenvalue weighted by molar-refractivity contribution is 8.18. The fraction of sp³-hybridized carbons (Fsp3) is 0.176. The Morgan fingerprint density at radius 2 is 1.66 bits per heavy atom. The molecule has 0 aliphatic carbocycles. The minimum atomic E-state index is -0.306. The van der Waals surface area contributed by atoms with Crippen molar-refractivity contribution in [1.82, 2.24) is 4.90 Å². The number of carbonyl (C=O) groups excluding carboxylic acids is 1. The Hall–Kier alpha value is -4.36. The molecule has 208 valence electrons. The molecule has 0 radical (unpaired) electrons. The number of rotatable bonds is 10. The number of ether oxygens (including phenoxy) is 2. The number of aliphatic imine (C=N–C) groups is 1. The van der Waals surface area contributed by atoms with Gasteiger partial charge in [-0.25, -0.2) is 9.38 Å². The molecule has 0 atom stereocenters. The number of nitrogens with zero attached hydrogens (tertiary/aromatic N) is 2. The van der Waals surface area contributed by atoms with Crippen LogP contribution in [0.15, 0.2) is 107 Å².